The van der Waals surface area contributed by atoms with Gasteiger partial charge in [-0.3, -0.25) is 4.79 Å². The fourth-order valence-electron chi connectivity index (χ4n) is 2.60. The molecule has 2 N–H and O–H groups in total. The normalized spacial score (nSPS) is 19.7. The van der Waals surface area contributed by atoms with E-state index in [1.807, 2.05) is 25.1 Å². The summed E-state index contributed by atoms with van der Waals surface area (Å²) in [5.41, 5.74) is 0.997. The minimum atomic E-state index is -0.0685. The second-order valence-electron chi connectivity index (χ2n) is 5.35. The number of nitrogens with one attached hydrogen (secondary N) is 2. The monoisotopic (exact) mass is 292 g/mol. The van der Waals surface area contributed by atoms with Crippen LogP contribution in [0.25, 0.3) is 0 Å². The number of hydrogen-bond donors (Lipinski definition) is 2. The van der Waals surface area contributed by atoms with Crippen LogP contribution in [-0.2, 0) is 4.79 Å². The van der Waals surface area contributed by atoms with Crippen molar-refractivity contribution in [1.82, 2.24) is 10.6 Å². The highest BCUT2D eigenvalue weighted by Gasteiger charge is 2.22. The van der Waals surface area contributed by atoms with Crippen LogP contribution >= 0.6 is 0 Å². The molecule has 1 fully saturated rings. The fourth-order valence-corrected chi connectivity index (χ4v) is 2.60. The summed E-state index contributed by atoms with van der Waals surface area (Å²) in [6, 6.07) is 5.57. The predicted octanol–water partition coefficient (Wildman–Crippen LogP) is 2.02. The zero-order valence-electron chi connectivity index (χ0n) is 12.9. The van der Waals surface area contributed by atoms with E-state index in [4.69, 9.17) is 9.47 Å². The molecule has 21 heavy (non-hydrogen) atoms. The van der Waals surface area contributed by atoms with Crippen molar-refractivity contribution < 1.29 is 14.3 Å². The second kappa shape index (κ2) is 7.31. The molecule has 5 nitrogen and oxygen atoms in total. The van der Waals surface area contributed by atoms with Gasteiger partial charge in [0.05, 0.1) is 26.3 Å². The molecule has 2 atom stereocenters. The van der Waals surface area contributed by atoms with Crippen LogP contribution in [0.5, 0.6) is 11.5 Å². The van der Waals surface area contributed by atoms with Crippen molar-refractivity contribution in [3.63, 3.8) is 0 Å². The molecular weight excluding hydrogens is 268 g/mol. The number of carbonyl (C=O) groups is 1. The summed E-state index contributed by atoms with van der Waals surface area (Å²) in [7, 11) is 3.22. The molecule has 1 aliphatic heterocycles. The van der Waals surface area contributed by atoms with Gasteiger partial charge in [-0.15, -0.1) is 0 Å². The lowest BCUT2D eigenvalue weighted by Crippen LogP contribution is -2.47. The average molecular weight is 292 g/mol. The smallest absolute Gasteiger partial charge is 0.237 e. The Morgan fingerprint density at radius 3 is 2.67 bits per heavy atom. The van der Waals surface area contributed by atoms with Gasteiger partial charge in [0.15, 0.2) is 11.5 Å². The third-order valence-electron chi connectivity index (χ3n) is 3.89. The first kappa shape index (κ1) is 15.6. The van der Waals surface area contributed by atoms with Crippen LogP contribution in [-0.4, -0.2) is 32.7 Å². The first-order chi connectivity index (χ1) is 10.2. The molecule has 1 aliphatic rings. The van der Waals surface area contributed by atoms with Gasteiger partial charge in [0.25, 0.3) is 0 Å². The molecule has 0 aromatic heterocycles. The lowest BCUT2D eigenvalue weighted by atomic mass is 10.0. The van der Waals surface area contributed by atoms with Crippen LogP contribution in [0.2, 0.25) is 0 Å². The van der Waals surface area contributed by atoms with Crippen molar-refractivity contribution in [1.29, 1.82) is 0 Å². The molecule has 0 radical (unpaired) electrons. The third kappa shape index (κ3) is 3.88. The Kier molecular flexibility index (Phi) is 5.44. The average Bonchev–Trinajstić information content (AvgIpc) is 2.54. The van der Waals surface area contributed by atoms with E-state index in [1.165, 1.54) is 0 Å². The zero-order chi connectivity index (χ0) is 15.2. The van der Waals surface area contributed by atoms with E-state index in [0.717, 1.165) is 31.4 Å². The molecular formula is C16H24N2O3. The molecule has 5 heteroatoms. The van der Waals surface area contributed by atoms with E-state index < -0.39 is 0 Å². The minimum Gasteiger partial charge on any atom is -0.493 e. The molecule has 0 bridgehead atoms. The molecule has 1 saturated heterocycles. The van der Waals surface area contributed by atoms with Crippen LogP contribution < -0.4 is 20.1 Å². The molecule has 0 spiro atoms. The van der Waals surface area contributed by atoms with Crippen molar-refractivity contribution in [3.8, 4) is 11.5 Å². The fraction of sp³-hybridized carbons (Fsp3) is 0.562. The highest BCUT2D eigenvalue weighted by molar-refractivity contribution is 5.82. The van der Waals surface area contributed by atoms with Gasteiger partial charge in [-0.05, 0) is 44.0 Å². The summed E-state index contributed by atoms with van der Waals surface area (Å²) in [6.07, 6.45) is 3.16. The molecule has 2 unspecified atom stereocenters. The molecule has 0 saturated carbocycles. The van der Waals surface area contributed by atoms with E-state index >= 15 is 0 Å². The van der Waals surface area contributed by atoms with Crippen molar-refractivity contribution in [3.05, 3.63) is 23.8 Å². The van der Waals surface area contributed by atoms with E-state index in [1.54, 1.807) is 14.2 Å². The number of piperidine rings is 1. The van der Waals surface area contributed by atoms with Crippen LogP contribution in [0.15, 0.2) is 18.2 Å². The number of benzene rings is 1. The second-order valence-corrected chi connectivity index (χ2v) is 5.35. The Hall–Kier alpha value is -1.75. The maximum atomic E-state index is 12.2. The van der Waals surface area contributed by atoms with Gasteiger partial charge in [-0.25, -0.2) is 0 Å². The van der Waals surface area contributed by atoms with Gasteiger partial charge in [-0.1, -0.05) is 12.5 Å². The Labute approximate surface area is 126 Å². The van der Waals surface area contributed by atoms with Gasteiger partial charge in [-0.2, -0.15) is 0 Å². The van der Waals surface area contributed by atoms with Crippen molar-refractivity contribution in [2.45, 2.75) is 38.3 Å². The number of methoxy groups -OCH3 is 2. The van der Waals surface area contributed by atoms with Crippen LogP contribution in [0.3, 0.4) is 0 Å². The zero-order valence-corrected chi connectivity index (χ0v) is 12.9. The van der Waals surface area contributed by atoms with Gasteiger partial charge >= 0.3 is 0 Å². The standard InChI is InChI=1S/C16H24N2O3/c1-11(18-16(19)13-6-4-5-9-17-13)12-7-8-14(20-2)15(10-12)21-3/h7-8,10-11,13,17H,4-6,9H2,1-3H3,(H,18,19). The Morgan fingerprint density at radius 1 is 1.29 bits per heavy atom. The van der Waals surface area contributed by atoms with E-state index in [9.17, 15) is 4.79 Å². The molecule has 2 rings (SSSR count). The number of ether oxygens (including phenoxy) is 2. The molecule has 1 aromatic rings. The Balaban J connectivity index is 2.02. The largest absolute Gasteiger partial charge is 0.493 e. The molecule has 116 valence electrons. The summed E-state index contributed by atoms with van der Waals surface area (Å²) in [5.74, 6) is 1.43. The van der Waals surface area contributed by atoms with Crippen molar-refractivity contribution in [2.24, 2.45) is 0 Å². The maximum absolute atomic E-state index is 12.2. The van der Waals surface area contributed by atoms with Crippen LogP contribution in [0, 0.1) is 0 Å². The first-order valence-corrected chi connectivity index (χ1v) is 7.41. The SMILES string of the molecule is COc1ccc(C(C)NC(=O)C2CCCCN2)cc1OC. The van der Waals surface area contributed by atoms with Crippen molar-refractivity contribution in [2.75, 3.05) is 20.8 Å². The first-order valence-electron chi connectivity index (χ1n) is 7.41. The quantitative estimate of drug-likeness (QED) is 0.872. The van der Waals surface area contributed by atoms with E-state index in [-0.39, 0.29) is 18.0 Å². The van der Waals surface area contributed by atoms with E-state index in [2.05, 4.69) is 10.6 Å². The molecule has 1 heterocycles. The van der Waals surface area contributed by atoms with Crippen LogP contribution in [0.1, 0.15) is 37.8 Å². The summed E-state index contributed by atoms with van der Waals surface area (Å²) in [5, 5.41) is 6.32. The Bertz CT molecular complexity index is 484. The maximum Gasteiger partial charge on any atom is 0.237 e. The number of rotatable bonds is 5. The minimum absolute atomic E-state index is 0.0667. The summed E-state index contributed by atoms with van der Waals surface area (Å²) < 4.78 is 10.5. The van der Waals surface area contributed by atoms with Crippen molar-refractivity contribution >= 4 is 5.91 Å². The topological polar surface area (TPSA) is 59.6 Å². The molecule has 1 amide bonds. The van der Waals surface area contributed by atoms with Gasteiger partial charge < -0.3 is 20.1 Å². The lowest BCUT2D eigenvalue weighted by Gasteiger charge is -2.25. The Morgan fingerprint density at radius 2 is 2.05 bits per heavy atom. The lowest BCUT2D eigenvalue weighted by molar-refractivity contribution is -0.124. The summed E-state index contributed by atoms with van der Waals surface area (Å²) in [4.78, 5) is 12.2. The highest BCUT2D eigenvalue weighted by Crippen LogP contribution is 2.29. The van der Waals surface area contributed by atoms with Crippen LogP contribution in [0.4, 0.5) is 0 Å². The van der Waals surface area contributed by atoms with E-state index in [0.29, 0.717) is 11.5 Å². The highest BCUT2D eigenvalue weighted by atomic mass is 16.5. The summed E-state index contributed by atoms with van der Waals surface area (Å²) in [6.45, 7) is 2.89. The molecule has 0 aliphatic carbocycles. The van der Waals surface area contributed by atoms with Gasteiger partial charge in [0.1, 0.15) is 0 Å². The number of carbonyl (C=O) groups excluding carboxylic acids is 1. The van der Waals surface area contributed by atoms with Gasteiger partial charge in [0, 0.05) is 0 Å². The number of hydrogen-bond acceptors (Lipinski definition) is 4. The molecule has 1 aromatic carbocycles. The van der Waals surface area contributed by atoms with Gasteiger partial charge in [0.2, 0.25) is 5.91 Å². The predicted molar refractivity (Wildman–Crippen MR) is 81.7 cm³/mol. The third-order valence-corrected chi connectivity index (χ3v) is 3.89. The summed E-state index contributed by atoms with van der Waals surface area (Å²) >= 11 is 0. The number of amides is 1.